The molecule has 0 saturated carbocycles. The normalized spacial score (nSPS) is 7.56. The summed E-state index contributed by atoms with van der Waals surface area (Å²) in [5.41, 5.74) is 0.604. The third-order valence-corrected chi connectivity index (χ3v) is 0.892. The predicted molar refractivity (Wildman–Crippen MR) is 31.2 cm³/mol. The van der Waals surface area contributed by atoms with Gasteiger partial charge < -0.3 is 0 Å². The molecule has 9 heavy (non-hydrogen) atoms. The molecule has 0 aliphatic rings. The minimum Gasteiger partial charge on any atom is -0.285 e. The average molecular weight is 257 g/mol. The zero-order valence-electron chi connectivity index (χ0n) is 4.67. The van der Waals surface area contributed by atoms with Gasteiger partial charge in [-0.05, 0) is 0 Å². The fourth-order valence-corrected chi connectivity index (χ4v) is 0.506. The van der Waals surface area contributed by atoms with E-state index < -0.39 is 0 Å². The summed E-state index contributed by atoms with van der Waals surface area (Å²) < 4.78 is 0. The molecule has 0 atom stereocenters. The second-order valence-electron chi connectivity index (χ2n) is 1.47. The molecule has 0 unspecified atom stereocenters. The molecule has 2 heteroatoms. The largest absolute Gasteiger partial charge is 0.285 e. The first-order chi connectivity index (χ1) is 3.93. The summed E-state index contributed by atoms with van der Waals surface area (Å²) in [6.07, 6.45) is 1.78. The zero-order valence-corrected chi connectivity index (χ0v) is 7.10. The molecule has 1 nitrogen and oxygen atoms in total. The maximum Gasteiger partial charge on any atom is 0.233 e. The fraction of sp³-hybridized carbons (Fsp3) is 0. The quantitative estimate of drug-likeness (QED) is 0.737. The van der Waals surface area contributed by atoms with Gasteiger partial charge in [-0.1, -0.05) is 30.3 Å². The standard InChI is InChI=1S/C7H5O.Eu/c8-6-7-4-2-1-3-5-7;/h1-5H;. The first kappa shape index (κ1) is 9.47. The molecule has 1 aromatic rings. The van der Waals surface area contributed by atoms with Crippen molar-refractivity contribution in [3.63, 3.8) is 0 Å². The number of benzene rings is 1. The Labute approximate surface area is 95.0 Å². The van der Waals surface area contributed by atoms with Gasteiger partial charge >= 0.3 is 0 Å². The average Bonchev–Trinajstić information content (AvgIpc) is 1.90. The van der Waals surface area contributed by atoms with E-state index in [0.717, 1.165) is 0 Å². The molecular weight excluding hydrogens is 252 g/mol. The molecule has 0 aliphatic heterocycles. The third-order valence-electron chi connectivity index (χ3n) is 0.892. The van der Waals surface area contributed by atoms with Crippen LogP contribution < -0.4 is 0 Å². The van der Waals surface area contributed by atoms with Gasteiger partial charge in [0.15, 0.2) is 0 Å². The molecular formula is C7H5EuO. The van der Waals surface area contributed by atoms with Crippen LogP contribution in [0.1, 0.15) is 5.56 Å². The molecule has 1 aromatic carbocycles. The van der Waals surface area contributed by atoms with E-state index in [1.54, 1.807) is 30.6 Å². The summed E-state index contributed by atoms with van der Waals surface area (Å²) in [5.74, 6) is 0. The van der Waals surface area contributed by atoms with Crippen LogP contribution in [-0.2, 0) is 4.79 Å². The van der Waals surface area contributed by atoms with E-state index >= 15 is 0 Å². The van der Waals surface area contributed by atoms with E-state index in [0.29, 0.717) is 5.56 Å². The van der Waals surface area contributed by atoms with Crippen molar-refractivity contribution >= 4 is 6.29 Å². The Morgan fingerprint density at radius 1 is 1.11 bits per heavy atom. The van der Waals surface area contributed by atoms with Crippen LogP contribution in [-0.4, -0.2) is 6.29 Å². The minimum atomic E-state index is 0. The molecule has 0 heterocycles. The Bertz CT molecular complexity index is 172. The molecule has 0 bridgehead atoms. The van der Waals surface area contributed by atoms with Crippen LogP contribution in [0.3, 0.4) is 0 Å². The predicted octanol–water partition coefficient (Wildman–Crippen LogP) is 1.14. The SMILES string of the molecule is O=[C]c1ccccc1.[Eu]. The molecule has 0 fully saturated rings. The van der Waals surface area contributed by atoms with Gasteiger partial charge in [0.1, 0.15) is 0 Å². The summed E-state index contributed by atoms with van der Waals surface area (Å²) in [6.45, 7) is 0. The summed E-state index contributed by atoms with van der Waals surface area (Å²) in [7, 11) is 0. The Balaban J connectivity index is 0.000000640. The number of hydrogen-bond acceptors (Lipinski definition) is 1. The molecule has 1 rings (SSSR count). The molecule has 0 amide bonds. The van der Waals surface area contributed by atoms with Crippen LogP contribution in [0.4, 0.5) is 0 Å². The Morgan fingerprint density at radius 2 is 1.67 bits per heavy atom. The second-order valence-corrected chi connectivity index (χ2v) is 1.47. The van der Waals surface area contributed by atoms with Gasteiger partial charge in [0.2, 0.25) is 6.29 Å². The van der Waals surface area contributed by atoms with Crippen molar-refractivity contribution in [1.29, 1.82) is 0 Å². The van der Waals surface area contributed by atoms with Crippen LogP contribution in [0.2, 0.25) is 0 Å². The third kappa shape index (κ3) is 3.24. The van der Waals surface area contributed by atoms with Gasteiger partial charge in [0, 0.05) is 54.9 Å². The second kappa shape index (κ2) is 5.27. The van der Waals surface area contributed by atoms with E-state index in [-0.39, 0.29) is 49.4 Å². The van der Waals surface area contributed by atoms with Gasteiger partial charge in [-0.2, -0.15) is 0 Å². The first-order valence-electron chi connectivity index (χ1n) is 2.36. The summed E-state index contributed by atoms with van der Waals surface area (Å²) in [5, 5.41) is 0. The monoisotopic (exact) mass is 258 g/mol. The van der Waals surface area contributed by atoms with Crippen LogP contribution in [0.15, 0.2) is 30.3 Å². The van der Waals surface area contributed by atoms with E-state index in [1.165, 1.54) is 0 Å². The van der Waals surface area contributed by atoms with Gasteiger partial charge in [-0.25, -0.2) is 0 Å². The topological polar surface area (TPSA) is 17.1 Å². The summed E-state index contributed by atoms with van der Waals surface area (Å²) in [4.78, 5) is 9.88. The molecule has 0 aromatic heterocycles. The number of rotatable bonds is 1. The zero-order chi connectivity index (χ0) is 5.82. The van der Waals surface area contributed by atoms with Gasteiger partial charge in [-0.3, -0.25) is 4.79 Å². The Kier molecular flexibility index (Phi) is 5.55. The van der Waals surface area contributed by atoms with Crippen molar-refractivity contribution in [2.24, 2.45) is 0 Å². The van der Waals surface area contributed by atoms with Crippen molar-refractivity contribution in [2.45, 2.75) is 0 Å². The van der Waals surface area contributed by atoms with Crippen molar-refractivity contribution < 1.29 is 54.2 Å². The van der Waals surface area contributed by atoms with E-state index in [1.807, 2.05) is 6.07 Å². The van der Waals surface area contributed by atoms with Crippen LogP contribution in [0, 0.1) is 49.4 Å². The molecule has 46 valence electrons. The molecule has 2 radical (unpaired) electrons. The van der Waals surface area contributed by atoms with E-state index in [4.69, 9.17) is 0 Å². The Hall–Kier alpha value is 0.474. The smallest absolute Gasteiger partial charge is 0.233 e. The van der Waals surface area contributed by atoms with Crippen molar-refractivity contribution in [3.8, 4) is 0 Å². The van der Waals surface area contributed by atoms with E-state index in [9.17, 15) is 4.79 Å². The maximum atomic E-state index is 9.88. The fourth-order valence-electron chi connectivity index (χ4n) is 0.506. The van der Waals surface area contributed by atoms with Crippen LogP contribution >= 0.6 is 0 Å². The molecule has 0 aliphatic carbocycles. The van der Waals surface area contributed by atoms with Crippen LogP contribution in [0.5, 0.6) is 0 Å². The van der Waals surface area contributed by atoms with Crippen LogP contribution in [0.25, 0.3) is 0 Å². The first-order valence-corrected chi connectivity index (χ1v) is 2.36. The minimum absolute atomic E-state index is 0. The number of hydrogen-bond donors (Lipinski definition) is 0. The molecule has 0 saturated heterocycles. The van der Waals surface area contributed by atoms with E-state index in [2.05, 4.69) is 0 Å². The van der Waals surface area contributed by atoms with Gasteiger partial charge in [-0.15, -0.1) is 0 Å². The van der Waals surface area contributed by atoms with Gasteiger partial charge in [0.05, 0.1) is 0 Å². The molecule has 0 N–H and O–H groups in total. The van der Waals surface area contributed by atoms with Crippen molar-refractivity contribution in [2.75, 3.05) is 0 Å². The number of carbonyl (C=O) groups excluding carboxylic acids is 1. The van der Waals surface area contributed by atoms with Crippen molar-refractivity contribution in [3.05, 3.63) is 35.9 Å². The molecule has 0 spiro atoms. The van der Waals surface area contributed by atoms with Crippen molar-refractivity contribution in [1.82, 2.24) is 0 Å². The summed E-state index contributed by atoms with van der Waals surface area (Å²) in [6, 6.07) is 8.90. The summed E-state index contributed by atoms with van der Waals surface area (Å²) >= 11 is 0. The maximum absolute atomic E-state index is 9.88. The van der Waals surface area contributed by atoms with Gasteiger partial charge in [0.25, 0.3) is 0 Å². The Morgan fingerprint density at radius 3 is 2.00 bits per heavy atom.